The number of hydrogen-bond acceptors (Lipinski definition) is 4. The van der Waals surface area contributed by atoms with Gasteiger partial charge in [-0.1, -0.05) is 18.2 Å². The predicted molar refractivity (Wildman–Crippen MR) is 83.1 cm³/mol. The monoisotopic (exact) mass is 317 g/mol. The SMILES string of the molecule is COC(=O)CN(C(=O)c1ccccc1OC)c1cccc(F)c1. The van der Waals surface area contributed by atoms with E-state index in [0.29, 0.717) is 5.75 Å². The van der Waals surface area contributed by atoms with Gasteiger partial charge in [-0.3, -0.25) is 14.5 Å². The molecule has 2 rings (SSSR count). The molecule has 23 heavy (non-hydrogen) atoms. The number of carbonyl (C=O) groups excluding carboxylic acids is 2. The summed E-state index contributed by atoms with van der Waals surface area (Å²) in [6.45, 7) is -0.336. The summed E-state index contributed by atoms with van der Waals surface area (Å²) in [5, 5.41) is 0. The lowest BCUT2D eigenvalue weighted by Crippen LogP contribution is -2.36. The van der Waals surface area contributed by atoms with Gasteiger partial charge in [-0.05, 0) is 30.3 Å². The lowest BCUT2D eigenvalue weighted by atomic mass is 10.1. The molecule has 0 aliphatic carbocycles. The fraction of sp³-hybridized carbons (Fsp3) is 0.176. The Balaban J connectivity index is 2.44. The van der Waals surface area contributed by atoms with Crippen LogP contribution in [0.15, 0.2) is 48.5 Å². The van der Waals surface area contributed by atoms with Gasteiger partial charge in [0.05, 0.1) is 19.8 Å². The summed E-state index contributed by atoms with van der Waals surface area (Å²) >= 11 is 0. The Morgan fingerprint density at radius 2 is 1.83 bits per heavy atom. The van der Waals surface area contributed by atoms with Crippen molar-refractivity contribution in [2.45, 2.75) is 0 Å². The highest BCUT2D eigenvalue weighted by Crippen LogP contribution is 2.23. The molecular weight excluding hydrogens is 301 g/mol. The van der Waals surface area contributed by atoms with Crippen LogP contribution in [0.2, 0.25) is 0 Å². The van der Waals surface area contributed by atoms with E-state index < -0.39 is 17.7 Å². The number of hydrogen-bond donors (Lipinski definition) is 0. The number of ether oxygens (including phenoxy) is 2. The van der Waals surface area contributed by atoms with Gasteiger partial charge < -0.3 is 9.47 Å². The molecule has 0 atom stereocenters. The molecule has 0 unspecified atom stereocenters. The number of anilines is 1. The first-order chi connectivity index (χ1) is 11.1. The van der Waals surface area contributed by atoms with Crippen molar-refractivity contribution in [2.24, 2.45) is 0 Å². The molecular formula is C17H16FNO4. The van der Waals surface area contributed by atoms with Gasteiger partial charge in [0.15, 0.2) is 0 Å². The standard InChI is InChI=1S/C17H16FNO4/c1-22-15-9-4-3-8-14(15)17(21)19(11-16(20)23-2)13-7-5-6-12(18)10-13/h3-10H,11H2,1-2H3. The molecule has 0 saturated heterocycles. The van der Waals surface area contributed by atoms with Crippen molar-refractivity contribution < 1.29 is 23.5 Å². The van der Waals surface area contributed by atoms with Gasteiger partial charge in [0.25, 0.3) is 5.91 Å². The fourth-order valence-electron chi connectivity index (χ4n) is 2.08. The summed E-state index contributed by atoms with van der Waals surface area (Å²) in [5.41, 5.74) is 0.523. The van der Waals surface area contributed by atoms with Crippen LogP contribution in [-0.2, 0) is 9.53 Å². The van der Waals surface area contributed by atoms with Gasteiger partial charge in [-0.25, -0.2) is 4.39 Å². The maximum absolute atomic E-state index is 13.5. The first-order valence-corrected chi connectivity index (χ1v) is 6.84. The lowest BCUT2D eigenvalue weighted by molar-refractivity contribution is -0.138. The Bertz CT molecular complexity index is 717. The van der Waals surface area contributed by atoms with Crippen molar-refractivity contribution in [1.82, 2.24) is 0 Å². The predicted octanol–water partition coefficient (Wildman–Crippen LogP) is 2.65. The number of methoxy groups -OCH3 is 2. The van der Waals surface area contributed by atoms with E-state index in [1.54, 1.807) is 30.3 Å². The smallest absolute Gasteiger partial charge is 0.325 e. The zero-order valence-electron chi connectivity index (χ0n) is 12.8. The second-order valence-corrected chi connectivity index (χ2v) is 4.65. The van der Waals surface area contributed by atoms with Crippen molar-refractivity contribution in [1.29, 1.82) is 0 Å². The summed E-state index contributed by atoms with van der Waals surface area (Å²) in [6, 6.07) is 12.0. The van der Waals surface area contributed by atoms with Gasteiger partial charge >= 0.3 is 5.97 Å². The van der Waals surface area contributed by atoms with Crippen LogP contribution in [0, 0.1) is 5.82 Å². The van der Waals surface area contributed by atoms with E-state index in [1.165, 1.54) is 32.4 Å². The summed E-state index contributed by atoms with van der Waals surface area (Å²) in [6.07, 6.45) is 0. The third-order valence-corrected chi connectivity index (χ3v) is 3.22. The van der Waals surface area contributed by atoms with E-state index in [4.69, 9.17) is 4.74 Å². The number of amides is 1. The molecule has 0 bridgehead atoms. The van der Waals surface area contributed by atoms with Crippen LogP contribution < -0.4 is 9.64 Å². The minimum atomic E-state index is -0.613. The van der Waals surface area contributed by atoms with Crippen molar-refractivity contribution in [3.63, 3.8) is 0 Å². The second-order valence-electron chi connectivity index (χ2n) is 4.65. The highest BCUT2D eigenvalue weighted by Gasteiger charge is 2.23. The van der Waals surface area contributed by atoms with Crippen LogP contribution in [0.4, 0.5) is 10.1 Å². The Hall–Kier alpha value is -2.89. The summed E-state index contributed by atoms with van der Waals surface area (Å²) in [5.74, 6) is -1.25. The zero-order valence-corrected chi connectivity index (χ0v) is 12.8. The van der Waals surface area contributed by atoms with E-state index in [-0.39, 0.29) is 17.8 Å². The van der Waals surface area contributed by atoms with Crippen LogP contribution in [0.5, 0.6) is 5.75 Å². The van der Waals surface area contributed by atoms with Crippen LogP contribution in [-0.4, -0.2) is 32.6 Å². The van der Waals surface area contributed by atoms with Gasteiger partial charge in [0.2, 0.25) is 0 Å². The number of esters is 1. The topological polar surface area (TPSA) is 55.8 Å². The maximum atomic E-state index is 13.5. The van der Waals surface area contributed by atoms with E-state index in [1.807, 2.05) is 0 Å². The van der Waals surface area contributed by atoms with Gasteiger partial charge in [0, 0.05) is 5.69 Å². The third-order valence-electron chi connectivity index (χ3n) is 3.22. The van der Waals surface area contributed by atoms with E-state index in [2.05, 4.69) is 4.74 Å². The Labute approximate surface area is 133 Å². The molecule has 0 N–H and O–H groups in total. The molecule has 0 spiro atoms. The largest absolute Gasteiger partial charge is 0.496 e. The Morgan fingerprint density at radius 3 is 2.48 bits per heavy atom. The molecule has 0 fully saturated rings. The average Bonchev–Trinajstić information content (AvgIpc) is 2.58. The maximum Gasteiger partial charge on any atom is 0.325 e. The van der Waals surface area contributed by atoms with Crippen molar-refractivity contribution >= 4 is 17.6 Å². The van der Waals surface area contributed by atoms with E-state index in [9.17, 15) is 14.0 Å². The number of halogens is 1. The molecule has 5 nitrogen and oxygen atoms in total. The van der Waals surface area contributed by atoms with Crippen LogP contribution in [0.3, 0.4) is 0 Å². The third kappa shape index (κ3) is 3.85. The molecule has 2 aromatic rings. The lowest BCUT2D eigenvalue weighted by Gasteiger charge is -2.22. The quantitative estimate of drug-likeness (QED) is 0.796. The number of para-hydroxylation sites is 1. The van der Waals surface area contributed by atoms with Crippen molar-refractivity contribution in [3.8, 4) is 5.75 Å². The van der Waals surface area contributed by atoms with Gasteiger partial charge in [-0.2, -0.15) is 0 Å². The average molecular weight is 317 g/mol. The minimum absolute atomic E-state index is 0.256. The number of benzene rings is 2. The van der Waals surface area contributed by atoms with Gasteiger partial charge in [-0.15, -0.1) is 0 Å². The molecule has 2 aromatic carbocycles. The summed E-state index contributed by atoms with van der Waals surface area (Å²) in [7, 11) is 2.67. The van der Waals surface area contributed by atoms with Crippen LogP contribution in [0.25, 0.3) is 0 Å². The second kappa shape index (κ2) is 7.40. The molecule has 1 amide bonds. The highest BCUT2D eigenvalue weighted by molar-refractivity contribution is 6.09. The van der Waals surface area contributed by atoms with Crippen molar-refractivity contribution in [3.05, 3.63) is 59.9 Å². The molecule has 0 heterocycles. The number of rotatable bonds is 5. The first kappa shape index (κ1) is 16.5. The molecule has 0 aliphatic rings. The summed E-state index contributed by atoms with van der Waals surface area (Å²) < 4.78 is 23.3. The Kier molecular flexibility index (Phi) is 5.30. The zero-order chi connectivity index (χ0) is 16.8. The molecule has 120 valence electrons. The molecule has 6 heteroatoms. The van der Waals surface area contributed by atoms with Crippen molar-refractivity contribution in [2.75, 3.05) is 25.7 Å². The summed E-state index contributed by atoms with van der Waals surface area (Å²) in [4.78, 5) is 25.6. The molecule has 0 aliphatic heterocycles. The van der Waals surface area contributed by atoms with Crippen LogP contribution in [0.1, 0.15) is 10.4 Å². The molecule has 0 aromatic heterocycles. The minimum Gasteiger partial charge on any atom is -0.496 e. The normalized spacial score (nSPS) is 10.0. The number of nitrogens with zero attached hydrogens (tertiary/aromatic N) is 1. The highest BCUT2D eigenvalue weighted by atomic mass is 19.1. The molecule has 0 saturated carbocycles. The first-order valence-electron chi connectivity index (χ1n) is 6.84. The fourth-order valence-corrected chi connectivity index (χ4v) is 2.08. The van der Waals surface area contributed by atoms with Gasteiger partial charge in [0.1, 0.15) is 18.1 Å². The number of carbonyl (C=O) groups is 2. The Morgan fingerprint density at radius 1 is 1.09 bits per heavy atom. The van der Waals surface area contributed by atoms with E-state index in [0.717, 1.165) is 4.90 Å². The van der Waals surface area contributed by atoms with E-state index >= 15 is 0 Å². The molecule has 0 radical (unpaired) electrons. The van der Waals surface area contributed by atoms with Crippen LogP contribution >= 0.6 is 0 Å².